The maximum atomic E-state index is 9.76. The van der Waals surface area contributed by atoms with Gasteiger partial charge >= 0.3 is 0 Å². The van der Waals surface area contributed by atoms with Crippen molar-refractivity contribution in [1.82, 2.24) is 0 Å². The van der Waals surface area contributed by atoms with Gasteiger partial charge in [0.15, 0.2) is 11.5 Å². The summed E-state index contributed by atoms with van der Waals surface area (Å²) in [5.74, 6) is 1.64. The quantitative estimate of drug-likeness (QED) is 0.903. The molecule has 0 radical (unpaired) electrons. The van der Waals surface area contributed by atoms with Gasteiger partial charge in [0.2, 0.25) is 6.79 Å². The number of phenolic OH excluding ortho intramolecular Hbond substituents is 1. The van der Waals surface area contributed by atoms with Crippen LogP contribution >= 0.6 is 11.6 Å². The van der Waals surface area contributed by atoms with Gasteiger partial charge in [-0.3, -0.25) is 0 Å². The molecule has 3 rings (SSSR count). The van der Waals surface area contributed by atoms with Crippen molar-refractivity contribution in [2.45, 2.75) is 6.54 Å². The highest BCUT2D eigenvalue weighted by atomic mass is 35.5. The fraction of sp³-hybridized carbons (Fsp3) is 0.143. The van der Waals surface area contributed by atoms with Gasteiger partial charge in [-0.05, 0) is 24.3 Å². The van der Waals surface area contributed by atoms with Crippen molar-refractivity contribution >= 4 is 17.3 Å². The number of benzene rings is 2. The normalized spacial score (nSPS) is 12.5. The molecule has 19 heavy (non-hydrogen) atoms. The van der Waals surface area contributed by atoms with Crippen LogP contribution in [0, 0.1) is 0 Å². The minimum Gasteiger partial charge on any atom is -0.508 e. The van der Waals surface area contributed by atoms with Gasteiger partial charge in [0.05, 0.1) is 0 Å². The minimum atomic E-state index is 0.181. The number of fused-ring (bicyclic) bond motifs is 1. The SMILES string of the molecule is Oc1cccc(Cl)c1CNc1ccc2c(c1)OCO2. The van der Waals surface area contributed by atoms with Crippen LogP contribution in [-0.2, 0) is 6.54 Å². The average Bonchev–Trinajstić information content (AvgIpc) is 2.85. The fourth-order valence-corrected chi connectivity index (χ4v) is 2.16. The molecule has 1 heterocycles. The summed E-state index contributed by atoms with van der Waals surface area (Å²) in [4.78, 5) is 0. The highest BCUT2D eigenvalue weighted by molar-refractivity contribution is 6.31. The van der Waals surface area contributed by atoms with Crippen molar-refractivity contribution in [3.63, 3.8) is 0 Å². The lowest BCUT2D eigenvalue weighted by Crippen LogP contribution is -2.00. The van der Waals surface area contributed by atoms with E-state index in [-0.39, 0.29) is 12.5 Å². The maximum absolute atomic E-state index is 9.76. The molecule has 0 aromatic heterocycles. The monoisotopic (exact) mass is 277 g/mol. The third-order valence-corrected chi connectivity index (χ3v) is 3.29. The topological polar surface area (TPSA) is 50.7 Å². The first kappa shape index (κ1) is 12.0. The van der Waals surface area contributed by atoms with Crippen LogP contribution in [0.25, 0.3) is 0 Å². The summed E-state index contributed by atoms with van der Waals surface area (Å²) >= 11 is 6.04. The molecule has 0 atom stereocenters. The van der Waals surface area contributed by atoms with Gasteiger partial charge in [-0.15, -0.1) is 0 Å². The Morgan fingerprint density at radius 1 is 1.16 bits per heavy atom. The number of hydrogen-bond acceptors (Lipinski definition) is 4. The number of hydrogen-bond donors (Lipinski definition) is 2. The molecule has 0 amide bonds. The molecule has 1 aliphatic heterocycles. The van der Waals surface area contributed by atoms with Crippen LogP contribution in [0.15, 0.2) is 36.4 Å². The minimum absolute atomic E-state index is 0.181. The lowest BCUT2D eigenvalue weighted by molar-refractivity contribution is 0.174. The fourth-order valence-electron chi connectivity index (χ4n) is 1.92. The molecule has 0 aliphatic carbocycles. The summed E-state index contributed by atoms with van der Waals surface area (Å²) in [5.41, 5.74) is 1.55. The van der Waals surface area contributed by atoms with Crippen molar-refractivity contribution in [2.75, 3.05) is 12.1 Å². The molecule has 0 bridgehead atoms. The molecule has 2 N–H and O–H groups in total. The van der Waals surface area contributed by atoms with Crippen LogP contribution in [0.3, 0.4) is 0 Å². The maximum Gasteiger partial charge on any atom is 0.231 e. The first-order valence-corrected chi connectivity index (χ1v) is 6.22. The van der Waals surface area contributed by atoms with Crippen molar-refractivity contribution in [3.05, 3.63) is 47.0 Å². The highest BCUT2D eigenvalue weighted by Crippen LogP contribution is 2.34. The molecule has 4 nitrogen and oxygen atoms in total. The second kappa shape index (κ2) is 4.90. The van der Waals surface area contributed by atoms with Gasteiger partial charge in [-0.2, -0.15) is 0 Å². The van der Waals surface area contributed by atoms with Gasteiger partial charge in [-0.1, -0.05) is 17.7 Å². The number of phenols is 1. The largest absolute Gasteiger partial charge is 0.508 e. The molecule has 0 saturated carbocycles. The van der Waals surface area contributed by atoms with Crippen molar-refractivity contribution in [1.29, 1.82) is 0 Å². The van der Waals surface area contributed by atoms with E-state index in [2.05, 4.69) is 5.32 Å². The molecule has 0 saturated heterocycles. The van der Waals surface area contributed by atoms with Gasteiger partial charge in [0.1, 0.15) is 5.75 Å². The van der Waals surface area contributed by atoms with E-state index < -0.39 is 0 Å². The molecule has 2 aromatic rings. The Morgan fingerprint density at radius 3 is 2.84 bits per heavy atom. The molecular formula is C14H12ClNO3. The lowest BCUT2D eigenvalue weighted by atomic mass is 10.2. The Balaban J connectivity index is 1.76. The van der Waals surface area contributed by atoms with E-state index in [0.717, 1.165) is 11.4 Å². The predicted octanol–water partition coefficient (Wildman–Crippen LogP) is 3.39. The summed E-state index contributed by atoms with van der Waals surface area (Å²) in [5, 5.41) is 13.5. The van der Waals surface area contributed by atoms with E-state index in [4.69, 9.17) is 21.1 Å². The summed E-state index contributed by atoms with van der Waals surface area (Å²) in [6.45, 7) is 0.690. The Morgan fingerprint density at radius 2 is 2.00 bits per heavy atom. The van der Waals surface area contributed by atoms with Crippen LogP contribution in [0.5, 0.6) is 17.2 Å². The van der Waals surface area contributed by atoms with E-state index in [1.807, 2.05) is 18.2 Å². The summed E-state index contributed by atoms with van der Waals surface area (Å²) < 4.78 is 10.5. The summed E-state index contributed by atoms with van der Waals surface area (Å²) in [7, 11) is 0. The van der Waals surface area contributed by atoms with Crippen molar-refractivity contribution in [2.24, 2.45) is 0 Å². The average molecular weight is 278 g/mol. The van der Waals surface area contributed by atoms with Gasteiger partial charge < -0.3 is 19.9 Å². The Kier molecular flexibility index (Phi) is 3.09. The van der Waals surface area contributed by atoms with Gasteiger partial charge in [0.25, 0.3) is 0 Å². The predicted molar refractivity (Wildman–Crippen MR) is 73.0 cm³/mol. The molecule has 0 unspecified atom stereocenters. The zero-order valence-electron chi connectivity index (χ0n) is 10.0. The zero-order valence-corrected chi connectivity index (χ0v) is 10.8. The zero-order chi connectivity index (χ0) is 13.2. The van der Waals surface area contributed by atoms with Crippen LogP contribution in [0.1, 0.15) is 5.56 Å². The number of halogens is 1. The van der Waals surface area contributed by atoms with E-state index in [9.17, 15) is 5.11 Å². The highest BCUT2D eigenvalue weighted by Gasteiger charge is 2.13. The number of nitrogens with one attached hydrogen (secondary N) is 1. The second-order valence-corrected chi connectivity index (χ2v) is 4.57. The second-order valence-electron chi connectivity index (χ2n) is 4.16. The summed E-state index contributed by atoms with van der Waals surface area (Å²) in [6.07, 6.45) is 0. The number of rotatable bonds is 3. The van der Waals surface area contributed by atoms with Crippen LogP contribution in [0.2, 0.25) is 5.02 Å². The standard InChI is InChI=1S/C14H12ClNO3/c15-11-2-1-3-12(17)10(11)7-16-9-4-5-13-14(6-9)19-8-18-13/h1-6,16-17H,7-8H2. The van der Waals surface area contributed by atoms with Crippen molar-refractivity contribution in [3.8, 4) is 17.2 Å². The Bertz CT molecular complexity index is 595. The smallest absolute Gasteiger partial charge is 0.231 e. The third-order valence-electron chi connectivity index (χ3n) is 2.94. The number of ether oxygens (including phenoxy) is 2. The molecular weight excluding hydrogens is 266 g/mol. The molecule has 0 spiro atoms. The molecule has 0 fully saturated rings. The van der Waals surface area contributed by atoms with Gasteiger partial charge in [-0.25, -0.2) is 0 Å². The van der Waals surface area contributed by atoms with E-state index >= 15 is 0 Å². The Hall–Kier alpha value is -2.07. The van der Waals surface area contributed by atoms with Crippen molar-refractivity contribution < 1.29 is 14.6 Å². The molecule has 5 heteroatoms. The molecule has 1 aliphatic rings. The first-order valence-electron chi connectivity index (χ1n) is 5.84. The van der Waals surface area contributed by atoms with Crippen LogP contribution < -0.4 is 14.8 Å². The van der Waals surface area contributed by atoms with E-state index in [1.165, 1.54) is 0 Å². The van der Waals surface area contributed by atoms with E-state index in [0.29, 0.717) is 22.9 Å². The molecule has 98 valence electrons. The molecule has 2 aromatic carbocycles. The van der Waals surface area contributed by atoms with Crippen LogP contribution in [-0.4, -0.2) is 11.9 Å². The number of anilines is 1. The lowest BCUT2D eigenvalue weighted by Gasteiger charge is -2.10. The first-order chi connectivity index (χ1) is 9.24. The summed E-state index contributed by atoms with van der Waals surface area (Å²) in [6, 6.07) is 10.7. The third kappa shape index (κ3) is 2.39. The Labute approximate surface area is 115 Å². The van der Waals surface area contributed by atoms with Gasteiger partial charge in [0, 0.05) is 28.9 Å². The number of aromatic hydroxyl groups is 1. The van der Waals surface area contributed by atoms with Crippen LogP contribution in [0.4, 0.5) is 5.69 Å². The van der Waals surface area contributed by atoms with E-state index in [1.54, 1.807) is 18.2 Å².